The summed E-state index contributed by atoms with van der Waals surface area (Å²) in [5.41, 5.74) is -2.34. The smallest absolute Gasteiger partial charge is 0.311 e. The van der Waals surface area contributed by atoms with E-state index in [9.17, 15) is 25.2 Å². The van der Waals surface area contributed by atoms with E-state index in [4.69, 9.17) is 38.0 Å². The first-order valence-electron chi connectivity index (χ1n) is 16.4. The number of hydrogen-bond donors (Lipinski definition) is 5. The van der Waals surface area contributed by atoms with Crippen LogP contribution in [0.2, 0.25) is 5.02 Å². The molecule has 0 spiro atoms. The van der Waals surface area contributed by atoms with Gasteiger partial charge in [-0.15, -0.1) is 0 Å². The van der Waals surface area contributed by atoms with Crippen LogP contribution in [0.5, 0.6) is 0 Å². The minimum Gasteiger partial charge on any atom is -0.459 e. The fourth-order valence-corrected chi connectivity index (χ4v) is 7.51. The Labute approximate surface area is 284 Å². The number of thiocarbonyl (C=S) groups is 1. The molecule has 2 aliphatic heterocycles. The van der Waals surface area contributed by atoms with Gasteiger partial charge in [0.1, 0.15) is 17.8 Å². The highest BCUT2D eigenvalue weighted by atomic mass is 35.5. The molecule has 1 aromatic carbocycles. The van der Waals surface area contributed by atoms with Crippen molar-refractivity contribution in [2.75, 3.05) is 11.9 Å². The van der Waals surface area contributed by atoms with Crippen LogP contribution in [0.1, 0.15) is 81.6 Å². The summed E-state index contributed by atoms with van der Waals surface area (Å²) in [4.78, 5) is 15.4. The lowest BCUT2D eigenvalue weighted by Gasteiger charge is -2.43. The van der Waals surface area contributed by atoms with E-state index in [2.05, 4.69) is 5.32 Å². The lowest BCUT2D eigenvalue weighted by Crippen LogP contribution is -2.60. The molecular formula is C34H55ClN2O8S. The molecule has 2 aliphatic rings. The number of benzene rings is 1. The first-order valence-corrected chi connectivity index (χ1v) is 17.2. The maximum Gasteiger partial charge on any atom is 0.311 e. The van der Waals surface area contributed by atoms with Crippen molar-refractivity contribution in [1.29, 1.82) is 0 Å². The van der Waals surface area contributed by atoms with Crippen LogP contribution in [0.15, 0.2) is 24.3 Å². The van der Waals surface area contributed by atoms with Crippen molar-refractivity contribution < 1.29 is 39.4 Å². The summed E-state index contributed by atoms with van der Waals surface area (Å²) in [5.74, 6) is -1.90. The standard InChI is InChI=1S/C34H55ClN2O8S/c1-18-15-33(8,41)16-20(3)29(45-27-13-19(2)28(38)23(6)43-27)21(4)31(40)44-24(7)34(9,42)30(39)22(5)37(17-18)32(46)36-26-12-10-11-25(35)14-26/h10-12,14,18-24,27-30,38-39,41-42H,13,15-17H2,1-9H3,(H,36,46)/t18-,19?,20-,21?,22?,23?,24-,27+,28-,29+,30?,33-,34-/m1/s1. The second-order valence-electron chi connectivity index (χ2n) is 14.4. The summed E-state index contributed by atoms with van der Waals surface area (Å²) in [6.45, 7) is 16.2. The lowest BCUT2D eigenvalue weighted by atomic mass is 9.80. The van der Waals surface area contributed by atoms with E-state index in [1.54, 1.807) is 57.7 Å². The molecule has 0 radical (unpaired) electrons. The van der Waals surface area contributed by atoms with E-state index >= 15 is 0 Å². The normalized spacial score (nSPS) is 42.0. The lowest BCUT2D eigenvalue weighted by molar-refractivity contribution is -0.262. The van der Waals surface area contributed by atoms with Gasteiger partial charge in [-0.3, -0.25) is 4.79 Å². The average molecular weight is 687 g/mol. The van der Waals surface area contributed by atoms with Crippen molar-refractivity contribution in [2.24, 2.45) is 23.7 Å². The van der Waals surface area contributed by atoms with Crippen molar-refractivity contribution in [3.8, 4) is 0 Å². The number of hydrogen-bond acceptors (Lipinski definition) is 9. The fourth-order valence-electron chi connectivity index (χ4n) is 6.96. The Morgan fingerprint density at radius 2 is 1.72 bits per heavy atom. The quantitative estimate of drug-likeness (QED) is 0.222. The SMILES string of the molecule is CC1C[C@H](O[C@@H]2C(C)C(=O)O[C@H](C)[C@@](C)(O)C(O)C(C)N(C(=S)Nc3cccc(Cl)c3)C[C@H](C)C[C@@](C)(O)C[C@H]2C)OC(C)[C@@H]1O. The summed E-state index contributed by atoms with van der Waals surface area (Å²) in [6, 6.07) is 6.38. The molecule has 2 heterocycles. The number of cyclic esters (lactones) is 1. The van der Waals surface area contributed by atoms with Crippen LogP contribution < -0.4 is 5.32 Å². The number of aliphatic hydroxyl groups is 4. The van der Waals surface area contributed by atoms with Crippen molar-refractivity contribution in [3.05, 3.63) is 29.3 Å². The summed E-state index contributed by atoms with van der Waals surface area (Å²) in [6.07, 6.45) is -3.78. The topological polar surface area (TPSA) is 141 Å². The zero-order valence-electron chi connectivity index (χ0n) is 28.6. The van der Waals surface area contributed by atoms with Crippen LogP contribution in [0.3, 0.4) is 0 Å². The molecular weight excluding hydrogens is 632 g/mol. The van der Waals surface area contributed by atoms with Gasteiger partial charge in [0, 0.05) is 23.7 Å². The second kappa shape index (κ2) is 15.8. The van der Waals surface area contributed by atoms with Gasteiger partial charge in [-0.25, -0.2) is 0 Å². The van der Waals surface area contributed by atoms with Gasteiger partial charge in [0.15, 0.2) is 11.4 Å². The number of rotatable bonds is 3. The maximum atomic E-state index is 13.6. The molecule has 0 bridgehead atoms. The van der Waals surface area contributed by atoms with E-state index in [0.717, 1.165) is 0 Å². The number of carbonyl (C=O) groups is 1. The van der Waals surface area contributed by atoms with Crippen LogP contribution in [0.25, 0.3) is 0 Å². The molecule has 2 fully saturated rings. The van der Waals surface area contributed by atoms with Crippen LogP contribution >= 0.6 is 23.8 Å². The first kappa shape index (κ1) is 38.9. The molecule has 0 amide bonds. The predicted molar refractivity (Wildman–Crippen MR) is 182 cm³/mol. The number of esters is 1. The van der Waals surface area contributed by atoms with Gasteiger partial charge >= 0.3 is 5.97 Å². The Morgan fingerprint density at radius 3 is 2.33 bits per heavy atom. The van der Waals surface area contributed by atoms with Gasteiger partial charge in [-0.1, -0.05) is 38.4 Å². The zero-order chi connectivity index (χ0) is 34.7. The van der Waals surface area contributed by atoms with Crippen LogP contribution in [-0.2, 0) is 19.0 Å². The minimum atomic E-state index is -1.86. The largest absolute Gasteiger partial charge is 0.459 e. The van der Waals surface area contributed by atoms with E-state index in [1.165, 1.54) is 6.92 Å². The third kappa shape index (κ3) is 9.75. The van der Waals surface area contributed by atoms with Gasteiger partial charge in [0.05, 0.1) is 35.9 Å². The maximum absolute atomic E-state index is 13.6. The van der Waals surface area contributed by atoms with E-state index in [1.807, 2.05) is 26.8 Å². The molecule has 1 aromatic rings. The molecule has 3 rings (SSSR count). The molecule has 46 heavy (non-hydrogen) atoms. The van der Waals surface area contributed by atoms with Crippen molar-refractivity contribution >= 4 is 40.6 Å². The average Bonchev–Trinajstić information content (AvgIpc) is 2.94. The van der Waals surface area contributed by atoms with Crippen molar-refractivity contribution in [1.82, 2.24) is 4.90 Å². The Balaban J connectivity index is 1.95. The Hall–Kier alpha value is -1.57. The van der Waals surface area contributed by atoms with Crippen LogP contribution in [0, 0.1) is 23.7 Å². The molecule has 0 aromatic heterocycles. The van der Waals surface area contributed by atoms with Crippen LogP contribution in [-0.4, -0.2) is 97.0 Å². The summed E-state index contributed by atoms with van der Waals surface area (Å²) in [7, 11) is 0. The highest BCUT2D eigenvalue weighted by Gasteiger charge is 2.46. The van der Waals surface area contributed by atoms with Gasteiger partial charge in [-0.2, -0.15) is 0 Å². The number of halogens is 1. The third-order valence-corrected chi connectivity index (χ3v) is 10.4. The van der Waals surface area contributed by atoms with Gasteiger partial charge < -0.3 is 44.9 Å². The third-order valence-electron chi connectivity index (χ3n) is 9.79. The monoisotopic (exact) mass is 686 g/mol. The molecule has 5 N–H and O–H groups in total. The predicted octanol–water partition coefficient (Wildman–Crippen LogP) is 4.74. The first-order chi connectivity index (χ1) is 21.2. The Morgan fingerprint density at radius 1 is 1.07 bits per heavy atom. The second-order valence-corrected chi connectivity index (χ2v) is 15.3. The number of aliphatic hydroxyl groups excluding tert-OH is 2. The summed E-state index contributed by atoms with van der Waals surface area (Å²) >= 11 is 12.0. The zero-order valence-corrected chi connectivity index (χ0v) is 30.2. The molecule has 262 valence electrons. The minimum absolute atomic E-state index is 0.0708. The van der Waals surface area contributed by atoms with E-state index in [0.29, 0.717) is 41.6 Å². The number of nitrogens with zero attached hydrogens (tertiary/aromatic N) is 1. The van der Waals surface area contributed by atoms with E-state index in [-0.39, 0.29) is 17.8 Å². The molecule has 5 unspecified atom stereocenters. The molecule has 13 atom stereocenters. The number of anilines is 1. The van der Waals surface area contributed by atoms with Gasteiger partial charge in [0.2, 0.25) is 0 Å². The molecule has 12 heteroatoms. The number of nitrogens with one attached hydrogen (secondary N) is 1. The molecule has 2 saturated heterocycles. The molecule has 0 aliphatic carbocycles. The molecule has 10 nitrogen and oxygen atoms in total. The van der Waals surface area contributed by atoms with Gasteiger partial charge in [-0.05, 0) is 103 Å². The van der Waals surface area contributed by atoms with Crippen molar-refractivity contribution in [2.45, 2.75) is 136 Å². The number of carbonyl (C=O) groups excluding carboxylic acids is 1. The Bertz CT molecular complexity index is 1180. The Kier molecular flexibility index (Phi) is 13.3. The highest BCUT2D eigenvalue weighted by Crippen LogP contribution is 2.35. The highest BCUT2D eigenvalue weighted by molar-refractivity contribution is 7.80. The molecule has 0 saturated carbocycles. The summed E-state index contributed by atoms with van der Waals surface area (Å²) in [5, 5.41) is 49.4. The van der Waals surface area contributed by atoms with Crippen molar-refractivity contribution in [3.63, 3.8) is 0 Å². The number of ether oxygens (including phenoxy) is 3. The van der Waals surface area contributed by atoms with E-state index < -0.39 is 65.9 Å². The summed E-state index contributed by atoms with van der Waals surface area (Å²) < 4.78 is 18.3. The van der Waals surface area contributed by atoms with Gasteiger partial charge in [0.25, 0.3) is 0 Å². The fraction of sp³-hybridized carbons (Fsp3) is 0.765. The van der Waals surface area contributed by atoms with Crippen LogP contribution in [0.4, 0.5) is 5.69 Å².